The van der Waals surface area contributed by atoms with Crippen molar-refractivity contribution in [2.45, 2.75) is 23.8 Å². The fourth-order valence-corrected chi connectivity index (χ4v) is 4.60. The molecule has 39 heavy (non-hydrogen) atoms. The fourth-order valence-electron chi connectivity index (χ4n) is 4.24. The van der Waals surface area contributed by atoms with Crippen molar-refractivity contribution in [3.63, 3.8) is 0 Å². The summed E-state index contributed by atoms with van der Waals surface area (Å²) in [7, 11) is 1.53. The highest BCUT2D eigenvalue weighted by Gasteiger charge is 2.20. The number of ether oxygens (including phenoxy) is 1. The number of rotatable bonds is 6. The molecule has 0 amide bonds. The standard InChI is InChI=1S/C20H19FN6O.C7H8O3S/c21-14-5-3-13(4-6-14)17-18(27-10-11-28-20(27)26-17)16-7-9-23-19(25-16)24-15-2-1-8-22-12-15;1-10-6-2-4-7(5-3-6)11(8)9/h3-7,9-11,15,22H,1-2,8,12H2,(H,23,24,25);2-5H,1H3,(H,8,9)/p-1/t15-;/m1./s1. The van der Waals surface area contributed by atoms with E-state index in [4.69, 9.17) is 14.1 Å². The van der Waals surface area contributed by atoms with Crippen LogP contribution in [0, 0.1) is 5.82 Å². The van der Waals surface area contributed by atoms with Crippen molar-refractivity contribution >= 4 is 22.9 Å². The highest BCUT2D eigenvalue weighted by atomic mass is 32.2. The molecule has 2 N–H and O–H groups in total. The maximum Gasteiger partial charge on any atom is 0.306 e. The van der Waals surface area contributed by atoms with Crippen molar-refractivity contribution in [2.75, 3.05) is 25.5 Å². The van der Waals surface area contributed by atoms with Crippen molar-refractivity contribution in [2.24, 2.45) is 0 Å². The summed E-state index contributed by atoms with van der Waals surface area (Å²) in [5.74, 6) is 1.40. The van der Waals surface area contributed by atoms with Gasteiger partial charge in [0.05, 0.1) is 12.8 Å². The van der Waals surface area contributed by atoms with Crippen LogP contribution in [0.3, 0.4) is 0 Å². The number of methoxy groups -OCH3 is 1. The van der Waals surface area contributed by atoms with Crippen LogP contribution in [0.5, 0.6) is 5.75 Å². The van der Waals surface area contributed by atoms with Crippen molar-refractivity contribution in [1.82, 2.24) is 24.7 Å². The number of aromatic nitrogens is 4. The number of hydrogen-bond acceptors (Lipinski definition) is 9. The molecule has 0 bridgehead atoms. The van der Waals surface area contributed by atoms with Crippen LogP contribution in [0.1, 0.15) is 12.8 Å². The molecule has 1 aliphatic rings. The number of anilines is 1. The fraction of sp³-hybridized carbons (Fsp3) is 0.222. The SMILES string of the molecule is COc1ccc(S(=O)[O-])cc1.Fc1ccc(-c2nc3occn3c2-c2ccnc(N[C@@H]3CCCNC3)n2)cc1. The normalized spacial score (nSPS) is 15.8. The second kappa shape index (κ2) is 12.2. The molecule has 5 aromatic rings. The predicted octanol–water partition coefficient (Wildman–Crippen LogP) is 4.29. The zero-order valence-corrected chi connectivity index (χ0v) is 21.9. The van der Waals surface area contributed by atoms with E-state index in [9.17, 15) is 13.2 Å². The Bertz CT molecular complexity index is 1550. The van der Waals surface area contributed by atoms with Crippen LogP contribution in [0.25, 0.3) is 28.5 Å². The van der Waals surface area contributed by atoms with Gasteiger partial charge in [-0.1, -0.05) is 0 Å². The van der Waals surface area contributed by atoms with E-state index < -0.39 is 11.1 Å². The van der Waals surface area contributed by atoms with Crippen LogP contribution in [-0.2, 0) is 11.1 Å². The summed E-state index contributed by atoms with van der Waals surface area (Å²) in [6.07, 6.45) is 7.32. The molecule has 4 heterocycles. The molecule has 1 saturated heterocycles. The van der Waals surface area contributed by atoms with Crippen molar-refractivity contribution in [3.05, 3.63) is 79.1 Å². The third kappa shape index (κ3) is 6.30. The first-order valence-electron chi connectivity index (χ1n) is 12.3. The molecule has 6 rings (SSSR count). The highest BCUT2D eigenvalue weighted by Crippen LogP contribution is 2.32. The number of piperidine rings is 1. The van der Waals surface area contributed by atoms with Crippen LogP contribution in [0.2, 0.25) is 0 Å². The van der Waals surface area contributed by atoms with E-state index >= 15 is 0 Å². The average Bonchev–Trinajstić information content (AvgIpc) is 3.56. The molecule has 1 unspecified atom stereocenters. The predicted molar refractivity (Wildman–Crippen MR) is 144 cm³/mol. The first-order chi connectivity index (χ1) is 19.0. The molecule has 202 valence electrons. The van der Waals surface area contributed by atoms with Gasteiger partial charge < -0.3 is 24.3 Å². The van der Waals surface area contributed by atoms with Gasteiger partial charge in [-0.3, -0.25) is 8.61 Å². The topological polar surface area (TPSA) is 130 Å². The minimum atomic E-state index is -2.14. The quantitative estimate of drug-likeness (QED) is 0.298. The minimum absolute atomic E-state index is 0.269. The van der Waals surface area contributed by atoms with Gasteiger partial charge in [-0.15, -0.1) is 0 Å². The van der Waals surface area contributed by atoms with E-state index in [2.05, 4.69) is 20.6 Å². The summed E-state index contributed by atoms with van der Waals surface area (Å²) in [5.41, 5.74) is 2.97. The number of oxazole rings is 1. The second-order valence-corrected chi connectivity index (χ2v) is 9.68. The molecule has 1 fully saturated rings. The van der Waals surface area contributed by atoms with Gasteiger partial charge in [-0.25, -0.2) is 14.4 Å². The summed E-state index contributed by atoms with van der Waals surface area (Å²) in [6, 6.07) is 14.6. The molecule has 0 spiro atoms. The number of hydrogen-bond donors (Lipinski definition) is 2. The summed E-state index contributed by atoms with van der Waals surface area (Å²) >= 11 is -2.14. The summed E-state index contributed by atoms with van der Waals surface area (Å²) in [4.78, 5) is 13.9. The number of fused-ring (bicyclic) bond motifs is 1. The van der Waals surface area contributed by atoms with Crippen LogP contribution < -0.4 is 15.4 Å². The lowest BCUT2D eigenvalue weighted by Gasteiger charge is -2.23. The van der Waals surface area contributed by atoms with E-state index in [1.807, 2.05) is 10.5 Å². The van der Waals surface area contributed by atoms with Crippen LogP contribution in [0.4, 0.5) is 10.3 Å². The first kappa shape index (κ1) is 26.5. The Morgan fingerprint density at radius 3 is 2.64 bits per heavy atom. The number of nitrogens with one attached hydrogen (secondary N) is 2. The first-order valence-corrected chi connectivity index (χ1v) is 13.3. The molecule has 2 atom stereocenters. The van der Waals surface area contributed by atoms with Gasteiger partial charge >= 0.3 is 5.84 Å². The molecule has 0 aliphatic carbocycles. The Kier molecular flexibility index (Phi) is 8.25. The molecule has 0 radical (unpaired) electrons. The lowest BCUT2D eigenvalue weighted by Crippen LogP contribution is -2.38. The monoisotopic (exact) mass is 549 g/mol. The lowest BCUT2D eigenvalue weighted by atomic mass is 10.1. The second-order valence-electron chi connectivity index (χ2n) is 8.73. The van der Waals surface area contributed by atoms with E-state index in [-0.39, 0.29) is 10.7 Å². The molecule has 0 saturated carbocycles. The number of imidazole rings is 1. The van der Waals surface area contributed by atoms with Gasteiger partial charge in [-0.2, -0.15) is 4.98 Å². The Hall–Kier alpha value is -4.13. The van der Waals surface area contributed by atoms with Gasteiger partial charge in [0, 0.05) is 35.4 Å². The third-order valence-electron chi connectivity index (χ3n) is 6.16. The Labute approximate surface area is 226 Å². The molecule has 10 nitrogen and oxygen atoms in total. The third-order valence-corrected chi connectivity index (χ3v) is 6.82. The Morgan fingerprint density at radius 1 is 1.15 bits per heavy atom. The molecular weight excluding hydrogens is 523 g/mol. The molecule has 2 aromatic carbocycles. The molecule has 1 aliphatic heterocycles. The molecule has 12 heteroatoms. The molecular formula is C27H26FN6O4S-. The van der Waals surface area contributed by atoms with Crippen molar-refractivity contribution in [1.29, 1.82) is 0 Å². The molecule has 3 aromatic heterocycles. The van der Waals surface area contributed by atoms with Gasteiger partial charge in [0.1, 0.15) is 29.2 Å². The minimum Gasteiger partial charge on any atom is -0.768 e. The van der Waals surface area contributed by atoms with Crippen LogP contribution in [-0.4, -0.2) is 54.4 Å². The smallest absolute Gasteiger partial charge is 0.306 e. The maximum absolute atomic E-state index is 13.4. The van der Waals surface area contributed by atoms with Gasteiger partial charge in [0.15, 0.2) is 0 Å². The van der Waals surface area contributed by atoms with Crippen molar-refractivity contribution < 1.29 is 22.3 Å². The van der Waals surface area contributed by atoms with Crippen LogP contribution in [0.15, 0.2) is 82.6 Å². The zero-order valence-electron chi connectivity index (χ0n) is 21.0. The summed E-state index contributed by atoms with van der Waals surface area (Å²) < 4.78 is 46.2. The van der Waals surface area contributed by atoms with Crippen molar-refractivity contribution in [3.8, 4) is 28.4 Å². The van der Waals surface area contributed by atoms with Crippen LogP contribution >= 0.6 is 0 Å². The van der Waals surface area contributed by atoms with Gasteiger partial charge in [0.25, 0.3) is 0 Å². The Balaban J connectivity index is 0.000000237. The van der Waals surface area contributed by atoms with E-state index in [1.165, 1.54) is 31.4 Å². The Morgan fingerprint density at radius 2 is 1.95 bits per heavy atom. The number of halogens is 1. The van der Waals surface area contributed by atoms with Gasteiger partial charge in [-0.05, 0) is 85.1 Å². The van der Waals surface area contributed by atoms with E-state index in [0.29, 0.717) is 29.3 Å². The van der Waals surface area contributed by atoms with E-state index in [1.54, 1.807) is 42.9 Å². The highest BCUT2D eigenvalue weighted by molar-refractivity contribution is 7.79. The summed E-state index contributed by atoms with van der Waals surface area (Å²) in [5, 5.41) is 6.78. The lowest BCUT2D eigenvalue weighted by molar-refractivity contribution is 0.414. The number of nitrogens with zero attached hydrogens (tertiary/aromatic N) is 4. The maximum atomic E-state index is 13.4. The number of benzene rings is 2. The summed E-state index contributed by atoms with van der Waals surface area (Å²) in [6.45, 7) is 1.95. The zero-order chi connectivity index (χ0) is 27.2. The van der Waals surface area contributed by atoms with E-state index in [0.717, 1.165) is 42.9 Å². The van der Waals surface area contributed by atoms with Gasteiger partial charge in [0.2, 0.25) is 5.95 Å². The average molecular weight is 550 g/mol. The largest absolute Gasteiger partial charge is 0.768 e.